The minimum absolute atomic E-state index is 0.0933. The van der Waals surface area contributed by atoms with E-state index in [0.29, 0.717) is 5.65 Å². The highest BCUT2D eigenvalue weighted by Crippen LogP contribution is 2.29. The van der Waals surface area contributed by atoms with Crippen LogP contribution in [0.15, 0.2) is 24.5 Å². The average molecular weight is 257 g/mol. The first-order valence-electron chi connectivity index (χ1n) is 5.15. The Morgan fingerprint density at radius 1 is 1.39 bits per heavy atom. The number of pyridine rings is 1. The molecule has 0 amide bonds. The summed E-state index contributed by atoms with van der Waals surface area (Å²) in [6.45, 7) is 0.0933. The lowest BCUT2D eigenvalue weighted by Gasteiger charge is -2.05. The van der Waals surface area contributed by atoms with Crippen LogP contribution < -0.4 is 5.32 Å². The van der Waals surface area contributed by atoms with Gasteiger partial charge >= 0.3 is 6.18 Å². The van der Waals surface area contributed by atoms with Crippen LogP contribution in [0.1, 0.15) is 16.1 Å². The van der Waals surface area contributed by atoms with Crippen LogP contribution in [0.2, 0.25) is 0 Å². The van der Waals surface area contributed by atoms with Crippen molar-refractivity contribution in [3.63, 3.8) is 0 Å². The van der Waals surface area contributed by atoms with Crippen molar-refractivity contribution in [3.05, 3.63) is 35.8 Å². The summed E-state index contributed by atoms with van der Waals surface area (Å²) >= 11 is 0. The number of aromatic nitrogens is 2. The normalized spacial score (nSPS) is 12.0. The van der Waals surface area contributed by atoms with Gasteiger partial charge in [0.1, 0.15) is 11.3 Å². The lowest BCUT2D eigenvalue weighted by atomic mass is 10.3. The summed E-state index contributed by atoms with van der Waals surface area (Å²) in [5.41, 5.74) is -0.328. The van der Waals surface area contributed by atoms with Gasteiger partial charge in [0.2, 0.25) is 0 Å². The molecule has 1 N–H and O–H groups in total. The molecule has 4 nitrogen and oxygen atoms in total. The second-order valence-corrected chi connectivity index (χ2v) is 3.76. The van der Waals surface area contributed by atoms with Gasteiger partial charge < -0.3 is 9.72 Å². The Bertz CT molecular complexity index is 589. The third kappa shape index (κ3) is 2.35. The first-order valence-corrected chi connectivity index (χ1v) is 5.15. The molecule has 0 spiro atoms. The number of rotatable bonds is 3. The minimum atomic E-state index is -4.41. The molecule has 2 heterocycles. The fourth-order valence-electron chi connectivity index (χ4n) is 1.54. The summed E-state index contributed by atoms with van der Waals surface area (Å²) in [6.07, 6.45) is -2.20. The minimum Gasteiger partial charge on any atom is -0.313 e. The molecule has 2 aromatic rings. The van der Waals surface area contributed by atoms with Gasteiger partial charge in [0, 0.05) is 12.4 Å². The number of imidazole rings is 1. The molecule has 0 saturated carbocycles. The maximum Gasteiger partial charge on any atom is 0.417 e. The van der Waals surface area contributed by atoms with Crippen molar-refractivity contribution >= 4 is 11.4 Å². The third-order valence-electron chi connectivity index (χ3n) is 2.40. The quantitative estimate of drug-likeness (QED) is 0.852. The maximum absolute atomic E-state index is 12.5. The predicted octanol–water partition coefficient (Wildman–Crippen LogP) is 1.76. The van der Waals surface area contributed by atoms with E-state index >= 15 is 0 Å². The Kier molecular flexibility index (Phi) is 3.08. The van der Waals surface area contributed by atoms with Crippen molar-refractivity contribution in [2.75, 3.05) is 13.6 Å². The van der Waals surface area contributed by atoms with Crippen LogP contribution in [0.3, 0.4) is 0 Å². The Hall–Kier alpha value is -1.89. The molecule has 0 radical (unpaired) electrons. The number of hydrogen-bond acceptors (Lipinski definition) is 3. The molecule has 0 unspecified atom stereocenters. The predicted molar refractivity (Wildman–Crippen MR) is 58.5 cm³/mol. The van der Waals surface area contributed by atoms with E-state index in [2.05, 4.69) is 10.3 Å². The van der Waals surface area contributed by atoms with Crippen molar-refractivity contribution in [3.8, 4) is 0 Å². The Balaban J connectivity index is 2.43. The largest absolute Gasteiger partial charge is 0.417 e. The molecule has 7 heteroatoms. The number of fused-ring (bicyclic) bond motifs is 1. The zero-order valence-corrected chi connectivity index (χ0v) is 9.45. The van der Waals surface area contributed by atoms with E-state index in [4.69, 9.17) is 0 Å². The summed E-state index contributed by atoms with van der Waals surface area (Å²) < 4.78 is 38.7. The summed E-state index contributed by atoms with van der Waals surface area (Å²) in [4.78, 5) is 15.5. The van der Waals surface area contributed by atoms with Crippen LogP contribution in [-0.2, 0) is 6.18 Å². The van der Waals surface area contributed by atoms with Crippen molar-refractivity contribution in [2.45, 2.75) is 6.18 Å². The van der Waals surface area contributed by atoms with Crippen LogP contribution in [0.5, 0.6) is 0 Å². The maximum atomic E-state index is 12.5. The molecular weight excluding hydrogens is 247 g/mol. The molecule has 18 heavy (non-hydrogen) atoms. The lowest BCUT2D eigenvalue weighted by molar-refractivity contribution is -0.137. The van der Waals surface area contributed by atoms with Crippen LogP contribution >= 0.6 is 0 Å². The van der Waals surface area contributed by atoms with Crippen molar-refractivity contribution in [1.82, 2.24) is 14.7 Å². The van der Waals surface area contributed by atoms with Gasteiger partial charge in [0.25, 0.3) is 0 Å². The van der Waals surface area contributed by atoms with Gasteiger partial charge in [-0.25, -0.2) is 4.98 Å². The molecule has 0 aromatic carbocycles. The van der Waals surface area contributed by atoms with Gasteiger partial charge in [0.15, 0.2) is 5.78 Å². The van der Waals surface area contributed by atoms with Gasteiger partial charge in [-0.15, -0.1) is 0 Å². The number of nitrogens with one attached hydrogen (secondary N) is 1. The van der Waals surface area contributed by atoms with E-state index < -0.39 is 11.7 Å². The monoisotopic (exact) mass is 257 g/mol. The smallest absolute Gasteiger partial charge is 0.313 e. The first kappa shape index (κ1) is 12.6. The highest BCUT2D eigenvalue weighted by molar-refractivity contribution is 5.96. The number of carbonyl (C=O) groups excluding carboxylic acids is 1. The van der Waals surface area contributed by atoms with Gasteiger partial charge in [-0.05, 0) is 19.2 Å². The molecule has 0 aliphatic carbocycles. The first-order chi connectivity index (χ1) is 8.41. The van der Waals surface area contributed by atoms with Crippen LogP contribution in [0.4, 0.5) is 13.2 Å². The molecule has 0 atom stereocenters. The number of hydrogen-bond donors (Lipinski definition) is 1. The Morgan fingerprint density at radius 3 is 2.72 bits per heavy atom. The number of nitrogens with zero attached hydrogens (tertiary/aromatic N) is 2. The molecule has 2 aromatic heterocycles. The summed E-state index contributed by atoms with van der Waals surface area (Å²) in [6, 6.07) is 2.17. The summed E-state index contributed by atoms with van der Waals surface area (Å²) in [5, 5.41) is 2.67. The third-order valence-corrected chi connectivity index (χ3v) is 2.40. The van der Waals surface area contributed by atoms with Gasteiger partial charge in [-0.3, -0.25) is 4.79 Å². The van der Waals surface area contributed by atoms with Gasteiger partial charge in [-0.1, -0.05) is 0 Å². The second kappa shape index (κ2) is 4.41. The molecule has 0 aliphatic rings. The molecule has 2 rings (SSSR count). The lowest BCUT2D eigenvalue weighted by Crippen LogP contribution is -2.18. The van der Waals surface area contributed by atoms with E-state index in [-0.39, 0.29) is 18.0 Å². The highest BCUT2D eigenvalue weighted by atomic mass is 19.4. The molecule has 96 valence electrons. The van der Waals surface area contributed by atoms with Crippen molar-refractivity contribution in [1.29, 1.82) is 0 Å². The number of halogens is 3. The topological polar surface area (TPSA) is 46.4 Å². The van der Waals surface area contributed by atoms with Gasteiger partial charge in [-0.2, -0.15) is 13.2 Å². The number of alkyl halides is 3. The van der Waals surface area contributed by atoms with E-state index in [1.165, 1.54) is 16.7 Å². The number of ketones is 1. The Morgan fingerprint density at radius 2 is 2.11 bits per heavy atom. The van der Waals surface area contributed by atoms with E-state index in [9.17, 15) is 18.0 Å². The SMILES string of the molecule is CNCC(=O)c1cn2cc(C(F)(F)F)ccc2n1. The molecule has 0 aliphatic heterocycles. The molecule has 0 bridgehead atoms. The second-order valence-electron chi connectivity index (χ2n) is 3.76. The zero-order valence-electron chi connectivity index (χ0n) is 9.45. The standard InChI is InChI=1S/C11H10F3N3O/c1-15-4-9(18)8-6-17-5-7(11(12,13)14)2-3-10(17)16-8/h2-3,5-6,15H,4H2,1H3. The molecular formula is C11H10F3N3O. The highest BCUT2D eigenvalue weighted by Gasteiger charge is 2.30. The Labute approximate surface area is 100 Å². The molecule has 0 saturated heterocycles. The van der Waals surface area contributed by atoms with Gasteiger partial charge in [0.05, 0.1) is 12.1 Å². The zero-order chi connectivity index (χ0) is 13.3. The van der Waals surface area contributed by atoms with E-state index in [1.54, 1.807) is 7.05 Å². The number of Topliss-reactive ketones (excluding diaryl/α,β-unsaturated/α-hetero) is 1. The fraction of sp³-hybridized carbons (Fsp3) is 0.273. The average Bonchev–Trinajstić information content (AvgIpc) is 2.70. The van der Waals surface area contributed by atoms with Crippen LogP contribution in [0.25, 0.3) is 5.65 Å². The molecule has 0 fully saturated rings. The van der Waals surface area contributed by atoms with Crippen molar-refractivity contribution < 1.29 is 18.0 Å². The van der Waals surface area contributed by atoms with Crippen molar-refractivity contribution in [2.24, 2.45) is 0 Å². The number of likely N-dealkylation sites (N-methyl/N-ethyl adjacent to an activating group) is 1. The summed E-state index contributed by atoms with van der Waals surface area (Å²) in [7, 11) is 1.61. The summed E-state index contributed by atoms with van der Waals surface area (Å²) in [5.74, 6) is -0.269. The van der Waals surface area contributed by atoms with E-state index in [0.717, 1.165) is 12.3 Å². The number of carbonyl (C=O) groups is 1. The van der Waals surface area contributed by atoms with Crippen LogP contribution in [-0.4, -0.2) is 28.8 Å². The van der Waals surface area contributed by atoms with E-state index in [1.807, 2.05) is 0 Å². The fourth-order valence-corrected chi connectivity index (χ4v) is 1.54. The van der Waals surface area contributed by atoms with Crippen LogP contribution in [0, 0.1) is 0 Å².